The molecule has 0 saturated heterocycles. The average Bonchev–Trinajstić information content (AvgIpc) is 2.59. The molecule has 0 radical (unpaired) electrons. The molecule has 0 spiro atoms. The molecule has 3 rings (SSSR count). The van der Waals surface area contributed by atoms with Gasteiger partial charge in [0.25, 0.3) is 5.91 Å². The Hall–Kier alpha value is -2.33. The van der Waals surface area contributed by atoms with Crippen LogP contribution in [0.5, 0.6) is 0 Å². The zero-order valence-electron chi connectivity index (χ0n) is 12.6. The topological polar surface area (TPSA) is 41.1 Å². The van der Waals surface area contributed by atoms with Crippen LogP contribution in [0.25, 0.3) is 0 Å². The Balaban J connectivity index is 1.77. The number of benzene rings is 2. The minimum absolute atomic E-state index is 0.0778. The van der Waals surface area contributed by atoms with Crippen LogP contribution in [0, 0.1) is 0 Å². The molecule has 1 aliphatic carbocycles. The van der Waals surface area contributed by atoms with Gasteiger partial charge in [-0.25, -0.2) is 0 Å². The second-order valence-corrected chi connectivity index (χ2v) is 6.19. The van der Waals surface area contributed by atoms with E-state index >= 15 is 0 Å². The summed E-state index contributed by atoms with van der Waals surface area (Å²) < 4.78 is 1.03. The molecule has 0 bridgehead atoms. The normalized spacial score (nSPS) is 13.3. The Morgan fingerprint density at radius 1 is 0.957 bits per heavy atom. The minimum atomic E-state index is -0.0778. The van der Waals surface area contributed by atoms with Crippen molar-refractivity contribution in [3.8, 4) is 0 Å². The number of amides is 1. The van der Waals surface area contributed by atoms with Gasteiger partial charge in [-0.3, -0.25) is 4.79 Å². The number of para-hydroxylation sites is 2. The molecule has 2 N–H and O–H groups in total. The lowest BCUT2D eigenvalue weighted by molar-refractivity contribution is -0.112. The maximum absolute atomic E-state index is 12.4. The van der Waals surface area contributed by atoms with E-state index in [1.54, 1.807) is 0 Å². The second kappa shape index (κ2) is 7.29. The summed E-state index contributed by atoms with van der Waals surface area (Å²) in [6.45, 7) is 0. The Kier molecular flexibility index (Phi) is 4.93. The predicted molar refractivity (Wildman–Crippen MR) is 99.0 cm³/mol. The summed E-state index contributed by atoms with van der Waals surface area (Å²) in [6, 6.07) is 15.6. The van der Waals surface area contributed by atoms with E-state index in [2.05, 4.69) is 26.6 Å². The van der Waals surface area contributed by atoms with Crippen molar-refractivity contribution in [3.63, 3.8) is 0 Å². The number of hydrogen-bond donors (Lipinski definition) is 2. The quantitative estimate of drug-likeness (QED) is 0.757. The van der Waals surface area contributed by atoms with E-state index < -0.39 is 0 Å². The third kappa shape index (κ3) is 4.11. The zero-order valence-corrected chi connectivity index (χ0v) is 14.1. The van der Waals surface area contributed by atoms with E-state index in [9.17, 15) is 4.79 Å². The van der Waals surface area contributed by atoms with E-state index in [0.717, 1.165) is 39.9 Å². The third-order valence-electron chi connectivity index (χ3n) is 3.56. The van der Waals surface area contributed by atoms with Crippen molar-refractivity contribution in [3.05, 3.63) is 76.8 Å². The number of rotatable bonds is 4. The molecule has 2 aromatic rings. The molecule has 0 saturated carbocycles. The van der Waals surface area contributed by atoms with Crippen molar-refractivity contribution in [2.45, 2.75) is 12.8 Å². The van der Waals surface area contributed by atoms with E-state index in [-0.39, 0.29) is 5.91 Å². The third-order valence-corrected chi connectivity index (χ3v) is 4.08. The van der Waals surface area contributed by atoms with Crippen LogP contribution < -0.4 is 10.6 Å². The number of halogens is 1. The number of anilines is 3. The van der Waals surface area contributed by atoms with Crippen molar-refractivity contribution < 1.29 is 4.79 Å². The second-order valence-electron chi connectivity index (χ2n) is 5.27. The molecule has 4 heteroatoms. The molecule has 1 amide bonds. The molecule has 0 atom stereocenters. The summed E-state index contributed by atoms with van der Waals surface area (Å²) in [5.41, 5.74) is 3.31. The Morgan fingerprint density at radius 2 is 1.70 bits per heavy atom. The number of hydrogen-bond acceptors (Lipinski definition) is 2. The first-order chi connectivity index (χ1) is 11.2. The average molecular weight is 369 g/mol. The fraction of sp³-hybridized carbons (Fsp3) is 0.105. The van der Waals surface area contributed by atoms with Crippen molar-refractivity contribution in [2.75, 3.05) is 10.6 Å². The Morgan fingerprint density at radius 3 is 2.39 bits per heavy atom. The monoisotopic (exact) mass is 368 g/mol. The Labute approximate surface area is 144 Å². The van der Waals surface area contributed by atoms with Crippen LogP contribution in [-0.4, -0.2) is 5.91 Å². The summed E-state index contributed by atoms with van der Waals surface area (Å²) in [5, 5.41) is 6.32. The lowest BCUT2D eigenvalue weighted by Gasteiger charge is -2.14. The van der Waals surface area contributed by atoms with Crippen LogP contribution in [0.4, 0.5) is 17.1 Å². The molecule has 0 heterocycles. The SMILES string of the molecule is O=C(Nc1ccccc1Nc1ccc(Br)cc1)C1=CCCC=C1. The molecule has 0 fully saturated rings. The highest BCUT2D eigenvalue weighted by molar-refractivity contribution is 9.10. The van der Waals surface area contributed by atoms with E-state index in [4.69, 9.17) is 0 Å². The zero-order chi connectivity index (χ0) is 16.1. The molecular weight excluding hydrogens is 352 g/mol. The Bertz CT molecular complexity index is 763. The first kappa shape index (κ1) is 15.6. The molecule has 2 aromatic carbocycles. The van der Waals surface area contributed by atoms with E-state index in [1.165, 1.54) is 0 Å². The maximum atomic E-state index is 12.4. The number of nitrogens with one attached hydrogen (secondary N) is 2. The highest BCUT2D eigenvalue weighted by Crippen LogP contribution is 2.26. The minimum Gasteiger partial charge on any atom is -0.354 e. The van der Waals surface area contributed by atoms with Gasteiger partial charge in [0.15, 0.2) is 0 Å². The molecule has 3 nitrogen and oxygen atoms in total. The number of allylic oxidation sites excluding steroid dienone is 2. The molecular formula is C19H17BrN2O. The fourth-order valence-corrected chi connectivity index (χ4v) is 2.63. The summed E-state index contributed by atoms with van der Waals surface area (Å²) in [5.74, 6) is -0.0778. The van der Waals surface area contributed by atoms with Crippen LogP contribution >= 0.6 is 15.9 Å². The number of carbonyl (C=O) groups is 1. The van der Waals surface area contributed by atoms with Gasteiger partial charge in [-0.2, -0.15) is 0 Å². The van der Waals surface area contributed by atoms with Gasteiger partial charge in [0, 0.05) is 15.7 Å². The van der Waals surface area contributed by atoms with Crippen molar-refractivity contribution in [1.82, 2.24) is 0 Å². The number of carbonyl (C=O) groups excluding carboxylic acids is 1. The molecule has 23 heavy (non-hydrogen) atoms. The molecule has 0 aliphatic heterocycles. The predicted octanol–water partition coefficient (Wildman–Crippen LogP) is 5.41. The van der Waals surface area contributed by atoms with Gasteiger partial charge in [-0.15, -0.1) is 0 Å². The smallest absolute Gasteiger partial charge is 0.255 e. The molecule has 0 aromatic heterocycles. The highest BCUT2D eigenvalue weighted by atomic mass is 79.9. The van der Waals surface area contributed by atoms with E-state index in [0.29, 0.717) is 0 Å². The lowest BCUT2D eigenvalue weighted by atomic mass is 10.1. The fourth-order valence-electron chi connectivity index (χ4n) is 2.37. The van der Waals surface area contributed by atoms with Crippen LogP contribution in [0.15, 0.2) is 76.8 Å². The van der Waals surface area contributed by atoms with Gasteiger partial charge < -0.3 is 10.6 Å². The highest BCUT2D eigenvalue weighted by Gasteiger charge is 2.11. The van der Waals surface area contributed by atoms with Gasteiger partial charge >= 0.3 is 0 Å². The maximum Gasteiger partial charge on any atom is 0.255 e. The van der Waals surface area contributed by atoms with Gasteiger partial charge in [-0.1, -0.05) is 46.3 Å². The van der Waals surface area contributed by atoms with Gasteiger partial charge in [-0.05, 0) is 49.2 Å². The van der Waals surface area contributed by atoms with E-state index in [1.807, 2.05) is 66.8 Å². The van der Waals surface area contributed by atoms with Crippen LogP contribution in [0.1, 0.15) is 12.8 Å². The van der Waals surface area contributed by atoms with Gasteiger partial charge in [0.1, 0.15) is 0 Å². The summed E-state index contributed by atoms with van der Waals surface area (Å²) in [6.07, 6.45) is 7.79. The van der Waals surface area contributed by atoms with Crippen molar-refractivity contribution in [2.24, 2.45) is 0 Å². The summed E-state index contributed by atoms with van der Waals surface area (Å²) in [7, 11) is 0. The standard InChI is InChI=1S/C19H17BrN2O/c20-15-10-12-16(13-11-15)21-17-8-4-5-9-18(17)22-19(23)14-6-2-1-3-7-14/h2,4-13,21H,1,3H2,(H,22,23). The van der Waals surface area contributed by atoms with Crippen molar-refractivity contribution >= 4 is 38.9 Å². The van der Waals surface area contributed by atoms with Gasteiger partial charge in [0.2, 0.25) is 0 Å². The molecule has 116 valence electrons. The molecule has 1 aliphatic rings. The van der Waals surface area contributed by atoms with Crippen LogP contribution in [0.3, 0.4) is 0 Å². The van der Waals surface area contributed by atoms with Gasteiger partial charge in [0.05, 0.1) is 11.4 Å². The molecule has 0 unspecified atom stereocenters. The lowest BCUT2D eigenvalue weighted by Crippen LogP contribution is -2.15. The van der Waals surface area contributed by atoms with Crippen molar-refractivity contribution in [1.29, 1.82) is 0 Å². The summed E-state index contributed by atoms with van der Waals surface area (Å²) in [4.78, 5) is 12.4. The summed E-state index contributed by atoms with van der Waals surface area (Å²) >= 11 is 3.42. The largest absolute Gasteiger partial charge is 0.354 e. The van der Waals surface area contributed by atoms with Crippen LogP contribution in [-0.2, 0) is 4.79 Å². The first-order valence-corrected chi connectivity index (χ1v) is 8.31. The first-order valence-electron chi connectivity index (χ1n) is 7.52. The van der Waals surface area contributed by atoms with Crippen LogP contribution in [0.2, 0.25) is 0 Å².